The summed E-state index contributed by atoms with van der Waals surface area (Å²) in [4.78, 5) is 11.1. The number of benzene rings is 2. The Bertz CT molecular complexity index is 819. The third-order valence-electron chi connectivity index (χ3n) is 4.21. The molecule has 0 amide bonds. The van der Waals surface area contributed by atoms with Crippen molar-refractivity contribution < 1.29 is 0 Å². The number of aliphatic imine (C=N–C) groups is 1. The van der Waals surface area contributed by atoms with Crippen LogP contribution >= 0.6 is 0 Å². The van der Waals surface area contributed by atoms with Gasteiger partial charge in [-0.2, -0.15) is 0 Å². The second kappa shape index (κ2) is 9.73. The Hall–Kier alpha value is -2.66. The molecule has 1 heterocycles. The van der Waals surface area contributed by atoms with Crippen molar-refractivity contribution in [1.82, 2.24) is 9.88 Å². The number of fused-ring (bicyclic) bond motifs is 2. The molecule has 1 aromatic heterocycles. The second-order valence-corrected chi connectivity index (χ2v) is 6.05. The van der Waals surface area contributed by atoms with Gasteiger partial charge in [0.05, 0.1) is 22.6 Å². The fraction of sp³-hybridized carbons (Fsp3) is 0.333. The highest BCUT2D eigenvalue weighted by atomic mass is 15.2. The fourth-order valence-corrected chi connectivity index (χ4v) is 2.71. The molecule has 2 aromatic carbocycles. The van der Waals surface area contributed by atoms with Crippen molar-refractivity contribution in [3.63, 3.8) is 0 Å². The van der Waals surface area contributed by atoms with Crippen LogP contribution in [0.4, 0.5) is 5.69 Å². The Morgan fingerprint density at radius 3 is 2.08 bits per heavy atom. The number of nitrogens with two attached hydrogens (primary N) is 1. The van der Waals surface area contributed by atoms with E-state index in [0.29, 0.717) is 0 Å². The van der Waals surface area contributed by atoms with Crippen molar-refractivity contribution in [2.45, 2.75) is 13.8 Å². The molecule has 3 N–H and O–H groups in total. The van der Waals surface area contributed by atoms with Gasteiger partial charge in [-0.1, -0.05) is 43.3 Å². The van der Waals surface area contributed by atoms with Gasteiger partial charge in [0.25, 0.3) is 0 Å². The van der Waals surface area contributed by atoms with Gasteiger partial charge in [0, 0.05) is 38.0 Å². The summed E-state index contributed by atoms with van der Waals surface area (Å²) >= 11 is 0. The van der Waals surface area contributed by atoms with Crippen molar-refractivity contribution in [3.05, 3.63) is 48.5 Å². The van der Waals surface area contributed by atoms with Crippen molar-refractivity contribution >= 4 is 33.3 Å². The van der Waals surface area contributed by atoms with E-state index in [0.717, 1.165) is 53.0 Å². The number of rotatable bonds is 4. The number of anilines is 1. The van der Waals surface area contributed by atoms with Gasteiger partial charge >= 0.3 is 0 Å². The van der Waals surface area contributed by atoms with Gasteiger partial charge in [-0.05, 0) is 25.6 Å². The molecule has 0 aliphatic heterocycles. The minimum Gasteiger partial charge on any atom is -0.382 e. The lowest BCUT2D eigenvalue weighted by Gasteiger charge is -2.20. The van der Waals surface area contributed by atoms with Gasteiger partial charge in [-0.3, -0.25) is 4.99 Å². The number of nitrogens with zero attached hydrogens (tertiary/aromatic N) is 3. The average molecular weight is 351 g/mol. The molecule has 0 spiro atoms. The zero-order valence-corrected chi connectivity index (χ0v) is 16.2. The second-order valence-electron chi connectivity index (χ2n) is 6.05. The number of para-hydroxylation sites is 2. The van der Waals surface area contributed by atoms with Crippen molar-refractivity contribution in [2.24, 2.45) is 10.7 Å². The van der Waals surface area contributed by atoms with Crippen LogP contribution in [0.2, 0.25) is 0 Å². The van der Waals surface area contributed by atoms with Gasteiger partial charge in [0.2, 0.25) is 0 Å². The van der Waals surface area contributed by atoms with Crippen LogP contribution < -0.4 is 11.1 Å². The van der Waals surface area contributed by atoms with Crippen LogP contribution in [0.25, 0.3) is 21.8 Å². The maximum absolute atomic E-state index is 4.85. The quantitative estimate of drug-likeness (QED) is 0.427. The van der Waals surface area contributed by atoms with E-state index in [9.17, 15) is 0 Å². The minimum atomic E-state index is 0.750. The minimum absolute atomic E-state index is 0.750. The van der Waals surface area contributed by atoms with Gasteiger partial charge in [-0.15, -0.1) is 0 Å². The molecule has 26 heavy (non-hydrogen) atoms. The molecular weight excluding hydrogens is 322 g/mol. The van der Waals surface area contributed by atoms with Gasteiger partial charge in [0.1, 0.15) is 0 Å². The molecule has 0 unspecified atom stereocenters. The number of amidine groups is 1. The van der Waals surface area contributed by atoms with E-state index >= 15 is 0 Å². The molecule has 0 aliphatic rings. The standard InChI is InChI=1S/C19H22N4.C2H7N/c1-14(20-2)23(3)13-12-21-19-15-8-4-6-10-17(15)22-18-11-7-5-9-16(18)19;1-2-3/h4-11H,12-13H2,1-3H3,(H,21,22);2-3H2,1H3. The van der Waals surface area contributed by atoms with Crippen LogP contribution in [0.15, 0.2) is 53.5 Å². The van der Waals surface area contributed by atoms with Gasteiger partial charge < -0.3 is 16.0 Å². The maximum Gasteiger partial charge on any atom is 0.0952 e. The third kappa shape index (κ3) is 4.70. The summed E-state index contributed by atoms with van der Waals surface area (Å²) in [6.07, 6.45) is 0. The van der Waals surface area contributed by atoms with Crippen LogP contribution in [0, 0.1) is 0 Å². The van der Waals surface area contributed by atoms with Crippen molar-refractivity contribution in [3.8, 4) is 0 Å². The lowest BCUT2D eigenvalue weighted by atomic mass is 10.1. The molecule has 5 heteroatoms. The monoisotopic (exact) mass is 351 g/mol. The summed E-state index contributed by atoms with van der Waals surface area (Å²) in [5, 5.41) is 5.93. The molecule has 0 atom stereocenters. The molecule has 3 aromatic rings. The number of hydrogen-bond acceptors (Lipinski definition) is 4. The fourth-order valence-electron chi connectivity index (χ4n) is 2.71. The molecule has 0 aliphatic carbocycles. The molecule has 3 rings (SSSR count). The predicted octanol–water partition coefficient (Wildman–Crippen LogP) is 3.74. The summed E-state index contributed by atoms with van der Waals surface area (Å²) in [6.45, 7) is 6.42. The lowest BCUT2D eigenvalue weighted by Crippen LogP contribution is -2.29. The van der Waals surface area contributed by atoms with E-state index in [1.54, 1.807) is 0 Å². The first-order valence-electron chi connectivity index (χ1n) is 8.98. The first kappa shape index (κ1) is 19.7. The highest BCUT2D eigenvalue weighted by molar-refractivity contribution is 6.07. The smallest absolute Gasteiger partial charge is 0.0952 e. The highest BCUT2D eigenvalue weighted by Crippen LogP contribution is 2.30. The van der Waals surface area contributed by atoms with E-state index < -0.39 is 0 Å². The van der Waals surface area contributed by atoms with Crippen LogP contribution in [0.5, 0.6) is 0 Å². The lowest BCUT2D eigenvalue weighted by molar-refractivity contribution is 0.519. The summed E-state index contributed by atoms with van der Waals surface area (Å²) in [5.74, 6) is 1.04. The summed E-state index contributed by atoms with van der Waals surface area (Å²) in [7, 11) is 3.88. The number of hydrogen-bond donors (Lipinski definition) is 2. The number of pyridine rings is 1. The van der Waals surface area contributed by atoms with Gasteiger partial charge in [-0.25, -0.2) is 4.98 Å². The third-order valence-corrected chi connectivity index (χ3v) is 4.21. The van der Waals surface area contributed by atoms with Crippen molar-refractivity contribution in [2.75, 3.05) is 39.0 Å². The SMILES string of the molecule is CCN.CN=C(C)N(C)CCNc1c2ccccc2nc2ccccc12. The van der Waals surface area contributed by atoms with E-state index in [-0.39, 0.29) is 0 Å². The van der Waals surface area contributed by atoms with Crippen LogP contribution in [-0.4, -0.2) is 49.4 Å². The van der Waals surface area contributed by atoms with E-state index in [4.69, 9.17) is 10.7 Å². The van der Waals surface area contributed by atoms with E-state index in [1.807, 2.05) is 33.0 Å². The Kier molecular flexibility index (Phi) is 7.36. The average Bonchev–Trinajstić information content (AvgIpc) is 2.67. The normalized spacial score (nSPS) is 11.2. The highest BCUT2D eigenvalue weighted by Gasteiger charge is 2.08. The van der Waals surface area contributed by atoms with Crippen LogP contribution in [-0.2, 0) is 0 Å². The first-order chi connectivity index (χ1) is 12.6. The maximum atomic E-state index is 4.85. The van der Waals surface area contributed by atoms with Gasteiger partial charge in [0.15, 0.2) is 0 Å². The van der Waals surface area contributed by atoms with Crippen LogP contribution in [0.3, 0.4) is 0 Å². The van der Waals surface area contributed by atoms with Crippen LogP contribution in [0.1, 0.15) is 13.8 Å². The summed E-state index contributed by atoms with van der Waals surface area (Å²) < 4.78 is 0. The zero-order valence-electron chi connectivity index (χ0n) is 16.2. The Labute approximate surface area is 155 Å². The Balaban J connectivity index is 0.000000758. The number of nitrogens with one attached hydrogen (secondary N) is 1. The van der Waals surface area contributed by atoms with E-state index in [2.05, 4.69) is 58.7 Å². The van der Waals surface area contributed by atoms with E-state index in [1.165, 1.54) is 0 Å². The topological polar surface area (TPSA) is 66.5 Å². The molecule has 0 radical (unpaired) electrons. The molecule has 5 nitrogen and oxygen atoms in total. The first-order valence-corrected chi connectivity index (χ1v) is 8.98. The Morgan fingerprint density at radius 1 is 1.08 bits per heavy atom. The largest absolute Gasteiger partial charge is 0.382 e. The zero-order chi connectivity index (χ0) is 18.9. The molecular formula is C21H29N5. The molecule has 0 saturated heterocycles. The molecule has 0 saturated carbocycles. The predicted molar refractivity (Wildman–Crippen MR) is 114 cm³/mol. The summed E-state index contributed by atoms with van der Waals surface area (Å²) in [5.41, 5.74) is 8.05. The summed E-state index contributed by atoms with van der Waals surface area (Å²) in [6, 6.07) is 16.6. The number of likely N-dealkylation sites (N-methyl/N-ethyl adjacent to an activating group) is 1. The number of aromatic nitrogens is 1. The van der Waals surface area contributed by atoms with Crippen molar-refractivity contribution in [1.29, 1.82) is 0 Å². The molecule has 138 valence electrons. The Morgan fingerprint density at radius 2 is 1.58 bits per heavy atom. The molecule has 0 bridgehead atoms. The molecule has 0 fully saturated rings.